The van der Waals surface area contributed by atoms with Gasteiger partial charge in [0.2, 0.25) is 11.0 Å². The summed E-state index contributed by atoms with van der Waals surface area (Å²) in [5.41, 5.74) is 6.72. The molecule has 0 N–H and O–H groups in total. The number of alkyl halides is 2. The largest absolute Gasteiger partial charge is 0.212 e. The second-order valence-electron chi connectivity index (χ2n) is 12.7. The summed E-state index contributed by atoms with van der Waals surface area (Å²) in [6, 6.07) is 42.0. The van der Waals surface area contributed by atoms with Crippen molar-refractivity contribution in [2.24, 2.45) is 0 Å². The number of pyridine rings is 2. The molecular formula is C50H46Br2N2+2. The van der Waals surface area contributed by atoms with Crippen LogP contribution >= 0.6 is 31.9 Å². The van der Waals surface area contributed by atoms with Crippen molar-refractivity contribution in [3.05, 3.63) is 156 Å². The SMILES string of the molecule is BrCCCC#Cc1cccc(C#CCCCBr)c1.C(#Cc1cccc(C#CCCC[n+]2cccc3ccccc32)c1)CCC[n+]1cccc2ccccc21. The van der Waals surface area contributed by atoms with E-state index in [2.05, 4.69) is 198 Å². The third kappa shape index (κ3) is 13.7. The summed E-state index contributed by atoms with van der Waals surface area (Å²) < 4.78 is 4.62. The molecule has 0 aliphatic heterocycles. The minimum Gasteiger partial charge on any atom is -0.198 e. The summed E-state index contributed by atoms with van der Waals surface area (Å²) >= 11 is 6.80. The molecule has 0 unspecified atom stereocenters. The van der Waals surface area contributed by atoms with Crippen molar-refractivity contribution in [2.75, 3.05) is 10.7 Å². The zero-order valence-corrected chi connectivity index (χ0v) is 34.0. The van der Waals surface area contributed by atoms with E-state index in [4.69, 9.17) is 0 Å². The van der Waals surface area contributed by atoms with Crippen molar-refractivity contribution in [3.8, 4) is 47.4 Å². The maximum atomic E-state index is 3.40. The lowest BCUT2D eigenvalue weighted by atomic mass is 10.1. The molecule has 4 aromatic carbocycles. The monoisotopic (exact) mass is 832 g/mol. The molecule has 268 valence electrons. The van der Waals surface area contributed by atoms with Gasteiger partial charge >= 0.3 is 0 Å². The summed E-state index contributed by atoms with van der Waals surface area (Å²) in [5, 5.41) is 4.58. The van der Waals surface area contributed by atoms with Crippen LogP contribution < -0.4 is 9.13 Å². The normalized spacial score (nSPS) is 9.96. The van der Waals surface area contributed by atoms with Crippen LogP contribution in [0.25, 0.3) is 21.8 Å². The topological polar surface area (TPSA) is 7.76 Å². The van der Waals surface area contributed by atoms with E-state index >= 15 is 0 Å². The lowest BCUT2D eigenvalue weighted by Gasteiger charge is -1.99. The van der Waals surface area contributed by atoms with Gasteiger partial charge in [-0.2, -0.15) is 9.13 Å². The van der Waals surface area contributed by atoms with Gasteiger partial charge in [0.15, 0.2) is 12.4 Å². The molecule has 54 heavy (non-hydrogen) atoms. The van der Waals surface area contributed by atoms with Gasteiger partial charge in [-0.15, -0.1) is 0 Å². The molecule has 2 aromatic heterocycles. The predicted molar refractivity (Wildman–Crippen MR) is 233 cm³/mol. The molecule has 0 atom stereocenters. The predicted octanol–water partition coefficient (Wildman–Crippen LogP) is 11.0. The molecule has 0 spiro atoms. The Morgan fingerprint density at radius 3 is 1.13 bits per heavy atom. The van der Waals surface area contributed by atoms with Crippen LogP contribution in [0.5, 0.6) is 0 Å². The van der Waals surface area contributed by atoms with E-state index in [9.17, 15) is 0 Å². The number of rotatable bonds is 10. The van der Waals surface area contributed by atoms with Gasteiger partial charge in [0.05, 0.1) is 0 Å². The number of unbranched alkanes of at least 4 members (excludes halogenated alkanes) is 4. The number of fused-ring (bicyclic) bond motifs is 2. The Balaban J connectivity index is 0.000000263. The van der Waals surface area contributed by atoms with Crippen molar-refractivity contribution in [2.45, 2.75) is 64.5 Å². The van der Waals surface area contributed by atoms with Crippen molar-refractivity contribution in [1.82, 2.24) is 0 Å². The van der Waals surface area contributed by atoms with Crippen LogP contribution in [0.4, 0.5) is 0 Å². The van der Waals surface area contributed by atoms with Crippen LogP contribution in [0.1, 0.15) is 73.6 Å². The lowest BCUT2D eigenvalue weighted by Crippen LogP contribution is -2.33. The average Bonchev–Trinajstić information content (AvgIpc) is 3.21. The van der Waals surface area contributed by atoms with Gasteiger partial charge in [-0.3, -0.25) is 0 Å². The first kappa shape index (κ1) is 40.1. The molecule has 0 aliphatic carbocycles. The number of para-hydroxylation sites is 2. The van der Waals surface area contributed by atoms with E-state index in [0.717, 1.165) is 97.4 Å². The Morgan fingerprint density at radius 1 is 0.389 bits per heavy atom. The molecule has 2 heterocycles. The van der Waals surface area contributed by atoms with Gasteiger partial charge in [-0.05, 0) is 73.5 Å². The molecule has 6 rings (SSSR count). The van der Waals surface area contributed by atoms with E-state index in [1.807, 2.05) is 24.3 Å². The highest BCUT2D eigenvalue weighted by molar-refractivity contribution is 9.09. The van der Waals surface area contributed by atoms with Crippen molar-refractivity contribution in [3.63, 3.8) is 0 Å². The third-order valence-corrected chi connectivity index (χ3v) is 9.63. The average molecular weight is 835 g/mol. The first-order chi connectivity index (χ1) is 26.7. The van der Waals surface area contributed by atoms with Crippen LogP contribution in [0.2, 0.25) is 0 Å². The Kier molecular flexibility index (Phi) is 17.5. The fourth-order valence-corrected chi connectivity index (χ4v) is 6.39. The van der Waals surface area contributed by atoms with Crippen molar-refractivity contribution >= 4 is 53.7 Å². The van der Waals surface area contributed by atoms with E-state index in [1.54, 1.807) is 0 Å². The first-order valence-electron chi connectivity index (χ1n) is 18.8. The standard InChI is InChI=1S/C34H30N2.C16H16Br2/c1(9-24-35-26-12-20-31-18-5-7-22-33(31)35)3-14-29-16-11-17-30(28-29)15-4-2-10-25-36-27-13-21-32-19-6-8-23-34(32)36;17-12-5-1-3-8-15-10-7-11-16(14-15)9-4-2-6-13-18/h5-8,11-13,16-23,26-28H,1-2,9-10,24-25H2;7,10-11,14H,1-2,5-6,12-13H2/q+2;. The molecule has 6 aromatic rings. The third-order valence-electron chi connectivity index (χ3n) is 8.50. The summed E-state index contributed by atoms with van der Waals surface area (Å²) in [7, 11) is 0. The lowest BCUT2D eigenvalue weighted by molar-refractivity contribution is -0.671. The van der Waals surface area contributed by atoms with E-state index in [1.165, 1.54) is 21.8 Å². The molecule has 0 amide bonds. The van der Waals surface area contributed by atoms with Gasteiger partial charge in [-0.1, -0.05) is 116 Å². The quantitative estimate of drug-likeness (QED) is 0.0562. The van der Waals surface area contributed by atoms with Crippen LogP contribution in [0, 0.1) is 47.4 Å². The van der Waals surface area contributed by atoms with Gasteiger partial charge in [-0.25, -0.2) is 0 Å². The van der Waals surface area contributed by atoms with Crippen LogP contribution in [-0.2, 0) is 13.1 Å². The smallest absolute Gasteiger partial charge is 0.198 e. The fraction of sp³-hybridized carbons (Fsp3) is 0.240. The molecule has 0 fully saturated rings. The fourth-order valence-electron chi connectivity index (χ4n) is 5.83. The first-order valence-corrected chi connectivity index (χ1v) is 21.0. The summed E-state index contributed by atoms with van der Waals surface area (Å²) in [6.07, 6.45) is 12.2. The van der Waals surface area contributed by atoms with Gasteiger partial charge in [0.1, 0.15) is 13.1 Å². The number of aryl methyl sites for hydroxylation is 2. The molecule has 0 bridgehead atoms. The minimum absolute atomic E-state index is 0.873. The Labute approximate surface area is 339 Å². The number of nitrogens with zero attached hydrogens (tertiary/aromatic N) is 2. The number of benzene rings is 4. The van der Waals surface area contributed by atoms with Gasteiger partial charge in [0.25, 0.3) is 0 Å². The van der Waals surface area contributed by atoms with Gasteiger partial charge in [0, 0.05) is 106 Å². The van der Waals surface area contributed by atoms with Crippen molar-refractivity contribution < 1.29 is 9.13 Å². The molecular weight excluding hydrogens is 788 g/mol. The number of hydrogen-bond acceptors (Lipinski definition) is 0. The zero-order valence-electron chi connectivity index (χ0n) is 30.8. The second-order valence-corrected chi connectivity index (χ2v) is 14.3. The molecule has 4 heteroatoms. The molecule has 0 saturated carbocycles. The Hall–Kier alpha value is -5.10. The van der Waals surface area contributed by atoms with Crippen LogP contribution in [0.3, 0.4) is 0 Å². The highest BCUT2D eigenvalue weighted by Gasteiger charge is 2.07. The van der Waals surface area contributed by atoms with E-state index < -0.39 is 0 Å². The molecule has 0 saturated heterocycles. The highest BCUT2D eigenvalue weighted by Crippen LogP contribution is 2.10. The molecule has 0 aliphatic rings. The molecule has 2 nitrogen and oxygen atoms in total. The van der Waals surface area contributed by atoms with Gasteiger partial charge < -0.3 is 0 Å². The highest BCUT2D eigenvalue weighted by atomic mass is 79.9. The van der Waals surface area contributed by atoms with E-state index in [0.29, 0.717) is 0 Å². The Bertz CT molecular complexity index is 2200. The van der Waals surface area contributed by atoms with Crippen LogP contribution in [-0.4, -0.2) is 10.7 Å². The Morgan fingerprint density at radius 2 is 0.741 bits per heavy atom. The van der Waals surface area contributed by atoms with E-state index in [-0.39, 0.29) is 0 Å². The number of aromatic nitrogens is 2. The zero-order chi connectivity index (χ0) is 37.5. The van der Waals surface area contributed by atoms with Crippen molar-refractivity contribution in [1.29, 1.82) is 0 Å². The second kappa shape index (κ2) is 23.5. The maximum absolute atomic E-state index is 3.40. The number of hydrogen-bond donors (Lipinski definition) is 0. The molecule has 0 radical (unpaired) electrons. The summed E-state index contributed by atoms with van der Waals surface area (Å²) in [4.78, 5) is 0. The van der Waals surface area contributed by atoms with Crippen LogP contribution in [0.15, 0.2) is 134 Å². The summed E-state index contributed by atoms with van der Waals surface area (Å²) in [6.45, 7) is 1.94. The maximum Gasteiger partial charge on any atom is 0.212 e. The number of halogens is 2. The minimum atomic E-state index is 0.873. The summed E-state index contributed by atoms with van der Waals surface area (Å²) in [5.74, 6) is 26.0.